The summed E-state index contributed by atoms with van der Waals surface area (Å²) in [6.07, 6.45) is 1.47. The number of hydrogen-bond donors (Lipinski definition) is 2. The first-order valence-corrected chi connectivity index (χ1v) is 8.09. The molecule has 7 heteroatoms. The van der Waals surface area contributed by atoms with E-state index in [2.05, 4.69) is 22.3 Å². The lowest BCUT2D eigenvalue weighted by molar-refractivity contribution is -0.123. The number of morpholine rings is 1. The van der Waals surface area contributed by atoms with Crippen molar-refractivity contribution < 1.29 is 9.53 Å². The Balaban J connectivity index is 0.00000264. The smallest absolute Gasteiger partial charge is 0.237 e. The highest BCUT2D eigenvalue weighted by atomic mass is 35.5. The predicted octanol–water partition coefficient (Wildman–Crippen LogP) is 1.63. The predicted molar refractivity (Wildman–Crippen MR) is 102 cm³/mol. The van der Waals surface area contributed by atoms with Crippen LogP contribution in [-0.4, -0.2) is 55.7 Å². The lowest BCUT2D eigenvalue weighted by Gasteiger charge is -2.31. The van der Waals surface area contributed by atoms with Crippen LogP contribution in [0.4, 0.5) is 0 Å². The van der Waals surface area contributed by atoms with E-state index in [1.807, 2.05) is 25.1 Å². The van der Waals surface area contributed by atoms with Crippen LogP contribution in [0.1, 0.15) is 18.9 Å². The molecule has 1 aliphatic heterocycles. The number of rotatable bonds is 7. The van der Waals surface area contributed by atoms with E-state index in [4.69, 9.17) is 10.5 Å². The standard InChI is InChI=1S/C17H27N3O2.2ClH/c1-2-16(18)17(21)19-15(12-14-6-4-3-5-7-14)13-20-8-10-22-11-9-20;;/h3-7,15-16H,2,8-13,18H2,1H3,(H,19,21);2*1H/t15?,16-;;/m0../s1. The van der Waals surface area contributed by atoms with Crippen LogP contribution in [0.25, 0.3) is 0 Å². The summed E-state index contributed by atoms with van der Waals surface area (Å²) in [6.45, 7) is 6.13. The maximum atomic E-state index is 12.1. The van der Waals surface area contributed by atoms with Crippen molar-refractivity contribution in [3.63, 3.8) is 0 Å². The Morgan fingerprint density at radius 1 is 1.25 bits per heavy atom. The first-order valence-electron chi connectivity index (χ1n) is 8.09. The van der Waals surface area contributed by atoms with Crippen LogP contribution >= 0.6 is 24.8 Å². The largest absolute Gasteiger partial charge is 0.379 e. The van der Waals surface area contributed by atoms with E-state index < -0.39 is 6.04 Å². The number of halogens is 2. The van der Waals surface area contributed by atoms with Gasteiger partial charge in [0.2, 0.25) is 5.91 Å². The van der Waals surface area contributed by atoms with E-state index >= 15 is 0 Å². The molecule has 0 bridgehead atoms. The molecule has 1 aliphatic rings. The van der Waals surface area contributed by atoms with Crippen molar-refractivity contribution in [1.29, 1.82) is 0 Å². The van der Waals surface area contributed by atoms with Gasteiger partial charge in [-0.1, -0.05) is 37.3 Å². The molecule has 2 atom stereocenters. The van der Waals surface area contributed by atoms with Crippen LogP contribution in [0.2, 0.25) is 0 Å². The van der Waals surface area contributed by atoms with E-state index in [-0.39, 0.29) is 36.8 Å². The molecule has 24 heavy (non-hydrogen) atoms. The van der Waals surface area contributed by atoms with Gasteiger partial charge in [-0.3, -0.25) is 9.69 Å². The van der Waals surface area contributed by atoms with Gasteiger partial charge in [-0.15, -0.1) is 24.8 Å². The molecule has 0 aliphatic carbocycles. The van der Waals surface area contributed by atoms with E-state index in [1.165, 1.54) is 5.56 Å². The highest BCUT2D eigenvalue weighted by Crippen LogP contribution is 2.07. The second-order valence-electron chi connectivity index (χ2n) is 5.82. The molecule has 1 heterocycles. The molecule has 0 aromatic heterocycles. The second kappa shape index (κ2) is 12.5. The number of ether oxygens (including phenoxy) is 1. The van der Waals surface area contributed by atoms with Crippen molar-refractivity contribution in [2.24, 2.45) is 5.73 Å². The topological polar surface area (TPSA) is 67.6 Å². The molecule has 1 aromatic carbocycles. The van der Waals surface area contributed by atoms with Crippen molar-refractivity contribution in [2.45, 2.75) is 31.8 Å². The van der Waals surface area contributed by atoms with Gasteiger partial charge in [0.1, 0.15) is 0 Å². The third-order valence-electron chi connectivity index (χ3n) is 4.03. The normalized spacial score (nSPS) is 17.1. The minimum absolute atomic E-state index is 0. The second-order valence-corrected chi connectivity index (χ2v) is 5.82. The van der Waals surface area contributed by atoms with Gasteiger partial charge in [-0.05, 0) is 18.4 Å². The van der Waals surface area contributed by atoms with Crippen LogP contribution < -0.4 is 11.1 Å². The Kier molecular flexibility index (Phi) is 12.1. The van der Waals surface area contributed by atoms with E-state index in [1.54, 1.807) is 0 Å². The minimum Gasteiger partial charge on any atom is -0.379 e. The maximum absolute atomic E-state index is 12.1. The fourth-order valence-corrected chi connectivity index (χ4v) is 2.65. The molecule has 5 nitrogen and oxygen atoms in total. The number of nitrogens with two attached hydrogens (primary N) is 1. The zero-order chi connectivity index (χ0) is 15.8. The molecule has 1 unspecified atom stereocenters. The highest BCUT2D eigenvalue weighted by molar-refractivity contribution is 5.85. The molecule has 1 aromatic rings. The number of carbonyl (C=O) groups is 1. The monoisotopic (exact) mass is 377 g/mol. The number of benzene rings is 1. The molecule has 1 amide bonds. The van der Waals surface area contributed by atoms with Gasteiger partial charge >= 0.3 is 0 Å². The summed E-state index contributed by atoms with van der Waals surface area (Å²) < 4.78 is 5.39. The lowest BCUT2D eigenvalue weighted by Crippen LogP contribution is -2.51. The minimum atomic E-state index is -0.428. The Labute approximate surface area is 157 Å². The molecule has 2 rings (SSSR count). The molecular weight excluding hydrogens is 349 g/mol. The number of hydrogen-bond acceptors (Lipinski definition) is 4. The SMILES string of the molecule is CC[C@H](N)C(=O)NC(Cc1ccccc1)CN1CCOCC1.Cl.Cl. The van der Waals surface area contributed by atoms with Crippen molar-refractivity contribution in [3.05, 3.63) is 35.9 Å². The quantitative estimate of drug-likeness (QED) is 0.757. The Hall–Kier alpha value is -0.850. The van der Waals surface area contributed by atoms with Crippen LogP contribution in [0.3, 0.4) is 0 Å². The maximum Gasteiger partial charge on any atom is 0.237 e. The third kappa shape index (κ3) is 7.81. The fourth-order valence-electron chi connectivity index (χ4n) is 2.65. The summed E-state index contributed by atoms with van der Waals surface area (Å²) in [4.78, 5) is 14.5. The summed E-state index contributed by atoms with van der Waals surface area (Å²) in [5, 5.41) is 3.12. The van der Waals surface area contributed by atoms with Crippen LogP contribution in [-0.2, 0) is 16.0 Å². The first-order chi connectivity index (χ1) is 10.7. The summed E-state index contributed by atoms with van der Waals surface area (Å²) >= 11 is 0. The molecule has 0 spiro atoms. The van der Waals surface area contributed by atoms with Gasteiger partial charge in [0.05, 0.1) is 19.3 Å². The van der Waals surface area contributed by atoms with Gasteiger partial charge in [-0.25, -0.2) is 0 Å². The highest BCUT2D eigenvalue weighted by Gasteiger charge is 2.21. The van der Waals surface area contributed by atoms with Gasteiger partial charge in [0.15, 0.2) is 0 Å². The van der Waals surface area contributed by atoms with Crippen LogP contribution in [0.5, 0.6) is 0 Å². The third-order valence-corrected chi connectivity index (χ3v) is 4.03. The zero-order valence-corrected chi connectivity index (χ0v) is 15.8. The van der Waals surface area contributed by atoms with Gasteiger partial charge in [0.25, 0.3) is 0 Å². The Morgan fingerprint density at radius 2 is 1.88 bits per heavy atom. The zero-order valence-electron chi connectivity index (χ0n) is 14.1. The Morgan fingerprint density at radius 3 is 2.46 bits per heavy atom. The molecule has 1 saturated heterocycles. The van der Waals surface area contributed by atoms with Gasteiger partial charge in [0, 0.05) is 25.7 Å². The summed E-state index contributed by atoms with van der Waals surface area (Å²) in [5.74, 6) is -0.0586. The summed E-state index contributed by atoms with van der Waals surface area (Å²) in [6, 6.07) is 9.90. The Bertz CT molecular complexity index is 456. The van der Waals surface area contributed by atoms with Gasteiger partial charge < -0.3 is 15.8 Å². The summed E-state index contributed by atoms with van der Waals surface area (Å²) in [7, 11) is 0. The number of carbonyl (C=O) groups excluding carboxylic acids is 1. The molecule has 0 saturated carbocycles. The van der Waals surface area contributed by atoms with E-state index in [0.29, 0.717) is 6.42 Å². The molecular formula is C17H29Cl2N3O2. The number of nitrogens with zero attached hydrogens (tertiary/aromatic N) is 1. The number of amides is 1. The average molecular weight is 378 g/mol. The molecule has 0 radical (unpaired) electrons. The molecule has 1 fully saturated rings. The molecule has 138 valence electrons. The van der Waals surface area contributed by atoms with Crippen molar-refractivity contribution in [1.82, 2.24) is 10.2 Å². The van der Waals surface area contributed by atoms with Crippen molar-refractivity contribution >= 4 is 30.7 Å². The lowest BCUT2D eigenvalue weighted by atomic mass is 10.0. The van der Waals surface area contributed by atoms with E-state index in [9.17, 15) is 4.79 Å². The van der Waals surface area contributed by atoms with Gasteiger partial charge in [-0.2, -0.15) is 0 Å². The molecule has 3 N–H and O–H groups in total. The average Bonchev–Trinajstić information content (AvgIpc) is 2.55. The number of nitrogens with one attached hydrogen (secondary N) is 1. The van der Waals surface area contributed by atoms with Crippen LogP contribution in [0.15, 0.2) is 30.3 Å². The van der Waals surface area contributed by atoms with Crippen LogP contribution in [0, 0.1) is 0 Å². The van der Waals surface area contributed by atoms with Crippen molar-refractivity contribution in [2.75, 3.05) is 32.8 Å². The first kappa shape index (κ1) is 23.1. The fraction of sp³-hybridized carbons (Fsp3) is 0.588. The van der Waals surface area contributed by atoms with E-state index in [0.717, 1.165) is 39.3 Å². The van der Waals surface area contributed by atoms with Crippen molar-refractivity contribution in [3.8, 4) is 0 Å². The summed E-state index contributed by atoms with van der Waals surface area (Å²) in [5.41, 5.74) is 7.07.